The molecule has 2 aromatic heterocycles. The predicted molar refractivity (Wildman–Crippen MR) is 82.7 cm³/mol. The standard InChI is InChI=1S/C14H13ClN2O3S/c1-6-4-9(5-10(15)16-6)12(18)17-13-11(14(19)20)7(2)8(3)21-13/h4-5H,1-3H3,(H,17,18)(H,19,20). The van der Waals surface area contributed by atoms with Crippen LogP contribution in [0.2, 0.25) is 5.15 Å². The number of halogens is 1. The molecule has 7 heteroatoms. The minimum Gasteiger partial charge on any atom is -0.478 e. The maximum absolute atomic E-state index is 12.2. The van der Waals surface area contributed by atoms with Crippen LogP contribution < -0.4 is 5.32 Å². The number of aromatic nitrogens is 1. The summed E-state index contributed by atoms with van der Waals surface area (Å²) in [4.78, 5) is 28.4. The van der Waals surface area contributed by atoms with Gasteiger partial charge in [-0.2, -0.15) is 0 Å². The Morgan fingerprint density at radius 3 is 2.52 bits per heavy atom. The maximum Gasteiger partial charge on any atom is 0.338 e. The maximum atomic E-state index is 12.2. The zero-order valence-corrected chi connectivity index (χ0v) is 13.2. The van der Waals surface area contributed by atoms with Gasteiger partial charge in [-0.25, -0.2) is 9.78 Å². The fourth-order valence-corrected chi connectivity index (χ4v) is 3.21. The minimum atomic E-state index is -1.06. The van der Waals surface area contributed by atoms with E-state index in [0.717, 1.165) is 4.88 Å². The third kappa shape index (κ3) is 3.22. The van der Waals surface area contributed by atoms with Crippen molar-refractivity contribution in [2.45, 2.75) is 20.8 Å². The molecule has 0 saturated carbocycles. The van der Waals surface area contributed by atoms with Crippen LogP contribution in [0, 0.1) is 20.8 Å². The lowest BCUT2D eigenvalue weighted by molar-refractivity contribution is 0.0697. The zero-order chi connectivity index (χ0) is 15.7. The molecule has 0 aromatic carbocycles. The Morgan fingerprint density at radius 2 is 1.95 bits per heavy atom. The second kappa shape index (κ2) is 5.83. The van der Waals surface area contributed by atoms with Crippen LogP contribution in [0.1, 0.15) is 36.9 Å². The number of hydrogen-bond donors (Lipinski definition) is 2. The first-order valence-electron chi connectivity index (χ1n) is 6.08. The van der Waals surface area contributed by atoms with Gasteiger partial charge in [0.1, 0.15) is 10.2 Å². The van der Waals surface area contributed by atoms with Gasteiger partial charge in [0.25, 0.3) is 5.91 Å². The lowest BCUT2D eigenvalue weighted by Crippen LogP contribution is -2.14. The fraction of sp³-hybridized carbons (Fsp3) is 0.214. The molecule has 0 aliphatic rings. The minimum absolute atomic E-state index is 0.128. The highest BCUT2D eigenvalue weighted by molar-refractivity contribution is 7.16. The number of nitrogens with one attached hydrogen (secondary N) is 1. The molecule has 0 aliphatic heterocycles. The number of hydrogen-bond acceptors (Lipinski definition) is 4. The van der Waals surface area contributed by atoms with Gasteiger partial charge in [0.2, 0.25) is 0 Å². The van der Waals surface area contributed by atoms with Gasteiger partial charge in [-0.05, 0) is 38.5 Å². The Bertz CT molecular complexity index is 720. The first-order valence-corrected chi connectivity index (χ1v) is 7.28. The van der Waals surface area contributed by atoms with Crippen molar-refractivity contribution in [1.82, 2.24) is 4.98 Å². The van der Waals surface area contributed by atoms with E-state index in [4.69, 9.17) is 11.6 Å². The molecule has 2 N–H and O–H groups in total. The molecular formula is C14H13ClN2O3S. The number of carboxylic acid groups (broad SMARTS) is 1. The summed E-state index contributed by atoms with van der Waals surface area (Å²) in [5.74, 6) is -1.47. The Kier molecular flexibility index (Phi) is 4.29. The molecule has 0 atom stereocenters. The Balaban J connectivity index is 2.36. The van der Waals surface area contributed by atoms with Gasteiger partial charge >= 0.3 is 5.97 Å². The van der Waals surface area contributed by atoms with E-state index < -0.39 is 11.9 Å². The number of amides is 1. The number of carbonyl (C=O) groups excluding carboxylic acids is 1. The van der Waals surface area contributed by atoms with E-state index in [1.54, 1.807) is 19.9 Å². The van der Waals surface area contributed by atoms with Crippen LogP contribution in [0.4, 0.5) is 5.00 Å². The van der Waals surface area contributed by atoms with E-state index in [1.807, 2.05) is 6.92 Å². The van der Waals surface area contributed by atoms with Gasteiger partial charge in [-0.3, -0.25) is 4.79 Å². The van der Waals surface area contributed by atoms with E-state index >= 15 is 0 Å². The molecule has 0 radical (unpaired) electrons. The van der Waals surface area contributed by atoms with Crippen molar-refractivity contribution >= 4 is 39.8 Å². The summed E-state index contributed by atoms with van der Waals surface area (Å²) >= 11 is 7.06. The number of anilines is 1. The summed E-state index contributed by atoms with van der Waals surface area (Å²) in [6.45, 7) is 5.26. The Hall–Kier alpha value is -1.92. The van der Waals surface area contributed by atoms with Crippen LogP contribution in [0.3, 0.4) is 0 Å². The van der Waals surface area contributed by atoms with Crippen LogP contribution in [0.15, 0.2) is 12.1 Å². The van der Waals surface area contributed by atoms with E-state index in [1.165, 1.54) is 17.4 Å². The van der Waals surface area contributed by atoms with Gasteiger partial charge in [-0.15, -0.1) is 11.3 Å². The van der Waals surface area contributed by atoms with Crippen molar-refractivity contribution in [3.8, 4) is 0 Å². The van der Waals surface area contributed by atoms with Gasteiger partial charge in [0.05, 0.1) is 5.56 Å². The average Bonchev–Trinajstić information content (AvgIpc) is 2.63. The molecule has 2 rings (SSSR count). The number of pyridine rings is 1. The summed E-state index contributed by atoms with van der Waals surface area (Å²) in [5.41, 5.74) is 1.74. The third-order valence-electron chi connectivity index (χ3n) is 3.01. The fourth-order valence-electron chi connectivity index (χ4n) is 1.91. The molecule has 0 fully saturated rings. The van der Waals surface area contributed by atoms with Gasteiger partial charge in [0.15, 0.2) is 0 Å². The van der Waals surface area contributed by atoms with Gasteiger partial charge in [0, 0.05) is 16.1 Å². The molecule has 1 amide bonds. The summed E-state index contributed by atoms with van der Waals surface area (Å²) in [5, 5.41) is 12.4. The first kappa shape index (κ1) is 15.5. The van der Waals surface area contributed by atoms with E-state index in [2.05, 4.69) is 10.3 Å². The molecule has 5 nitrogen and oxygen atoms in total. The number of thiophene rings is 1. The van der Waals surface area contributed by atoms with Gasteiger partial charge < -0.3 is 10.4 Å². The molecule has 110 valence electrons. The number of carbonyl (C=O) groups is 2. The van der Waals surface area contributed by atoms with Crippen LogP contribution in [0.25, 0.3) is 0 Å². The Morgan fingerprint density at radius 1 is 1.29 bits per heavy atom. The molecular weight excluding hydrogens is 312 g/mol. The largest absolute Gasteiger partial charge is 0.478 e. The van der Waals surface area contributed by atoms with Crippen LogP contribution in [-0.4, -0.2) is 22.0 Å². The summed E-state index contributed by atoms with van der Waals surface area (Å²) in [6.07, 6.45) is 0. The SMILES string of the molecule is Cc1cc(C(=O)Nc2sc(C)c(C)c2C(=O)O)cc(Cl)n1. The number of aromatic carboxylic acids is 1. The quantitative estimate of drug-likeness (QED) is 0.844. The predicted octanol–water partition coefficient (Wildman–Crippen LogP) is 3.67. The molecule has 2 aromatic rings. The number of aryl methyl sites for hydroxylation is 2. The highest BCUT2D eigenvalue weighted by Crippen LogP contribution is 2.32. The molecule has 0 bridgehead atoms. The number of carboxylic acids is 1. The Labute approximate surface area is 130 Å². The zero-order valence-electron chi connectivity index (χ0n) is 11.7. The van der Waals surface area contributed by atoms with Crippen molar-refractivity contribution < 1.29 is 14.7 Å². The first-order chi connectivity index (χ1) is 9.79. The molecule has 0 saturated heterocycles. The topological polar surface area (TPSA) is 79.3 Å². The molecule has 0 aliphatic carbocycles. The number of nitrogens with zero attached hydrogens (tertiary/aromatic N) is 1. The second-order valence-corrected chi connectivity index (χ2v) is 6.18. The van der Waals surface area contributed by atoms with Crippen LogP contribution >= 0.6 is 22.9 Å². The molecule has 2 heterocycles. The van der Waals surface area contributed by atoms with Crippen molar-refractivity contribution in [3.63, 3.8) is 0 Å². The number of rotatable bonds is 3. The normalized spacial score (nSPS) is 10.5. The van der Waals surface area contributed by atoms with Crippen molar-refractivity contribution in [1.29, 1.82) is 0 Å². The van der Waals surface area contributed by atoms with Crippen molar-refractivity contribution in [3.05, 3.63) is 44.5 Å². The lowest BCUT2D eigenvalue weighted by atomic mass is 10.1. The highest BCUT2D eigenvalue weighted by atomic mass is 35.5. The summed E-state index contributed by atoms with van der Waals surface area (Å²) in [7, 11) is 0. The third-order valence-corrected chi connectivity index (χ3v) is 4.33. The van der Waals surface area contributed by atoms with E-state index in [9.17, 15) is 14.7 Å². The van der Waals surface area contributed by atoms with E-state index in [0.29, 0.717) is 21.8 Å². The van der Waals surface area contributed by atoms with Gasteiger partial charge in [-0.1, -0.05) is 11.6 Å². The highest BCUT2D eigenvalue weighted by Gasteiger charge is 2.21. The second-order valence-electron chi connectivity index (χ2n) is 4.57. The van der Waals surface area contributed by atoms with E-state index in [-0.39, 0.29) is 10.7 Å². The average molecular weight is 325 g/mol. The van der Waals surface area contributed by atoms with Crippen LogP contribution in [0.5, 0.6) is 0 Å². The summed E-state index contributed by atoms with van der Waals surface area (Å²) < 4.78 is 0. The van der Waals surface area contributed by atoms with Crippen molar-refractivity contribution in [2.24, 2.45) is 0 Å². The molecule has 0 spiro atoms. The molecule has 21 heavy (non-hydrogen) atoms. The monoisotopic (exact) mass is 324 g/mol. The summed E-state index contributed by atoms with van der Waals surface area (Å²) in [6, 6.07) is 3.03. The van der Waals surface area contributed by atoms with Crippen molar-refractivity contribution in [2.75, 3.05) is 5.32 Å². The molecule has 0 unspecified atom stereocenters. The lowest BCUT2D eigenvalue weighted by Gasteiger charge is -2.06. The van der Waals surface area contributed by atoms with Crippen LogP contribution in [-0.2, 0) is 0 Å². The smallest absolute Gasteiger partial charge is 0.338 e.